The van der Waals surface area contributed by atoms with Crippen molar-refractivity contribution in [1.29, 1.82) is 0 Å². The molecule has 1 saturated heterocycles. The number of H-pyrrole nitrogens is 1. The van der Waals surface area contributed by atoms with E-state index in [9.17, 15) is 39.0 Å². The number of likely N-dealkylation sites (tertiary alicyclic amines) is 1. The van der Waals surface area contributed by atoms with E-state index >= 15 is 0 Å². The Labute approximate surface area is 326 Å². The largest absolute Gasteiger partial charge is 0.508 e. The summed E-state index contributed by atoms with van der Waals surface area (Å²) in [5.74, 6) is -4.53. The average Bonchev–Trinajstić information content (AvgIpc) is 3.86. The van der Waals surface area contributed by atoms with Crippen LogP contribution >= 0.6 is 0 Å². The van der Waals surface area contributed by atoms with Crippen LogP contribution in [-0.2, 0) is 48.0 Å². The van der Waals surface area contributed by atoms with Gasteiger partial charge in [-0.25, -0.2) is 9.78 Å². The third-order valence-electron chi connectivity index (χ3n) is 9.65. The number of carbonyl (C=O) groups is 6. The molecule has 6 atom stereocenters. The number of aromatic nitrogens is 2. The second-order valence-corrected chi connectivity index (χ2v) is 15.0. The van der Waals surface area contributed by atoms with Crippen LogP contribution in [0.25, 0.3) is 0 Å². The fourth-order valence-corrected chi connectivity index (χ4v) is 6.67. The molecule has 1 fully saturated rings. The number of amides is 5. The standard InChI is InChI=1S/C40H54N8O8/c1-23(2)17-29(41)39(54)48-16-8-11-33(48)37(52)47-34(24(3)4)38(53)45-31(20-27-21-42-22-43-27)36(51)44-30(18-25-9-6-5-7-10-25)35(50)46-32(40(55)56)19-26-12-14-28(49)15-13-26/h5-7,9-10,12-15,21-24,29-34,49H,8,11,16-20,41H2,1-4H3,(H,42,43)(H,44,51)(H,45,53)(H,46,50)(H,47,52)(H,55,56)/t29-,30-,31-,32-,33-,34-/m0/s1. The lowest BCUT2D eigenvalue weighted by atomic mass is 10.00. The zero-order valence-corrected chi connectivity index (χ0v) is 32.2. The lowest BCUT2D eigenvalue weighted by molar-refractivity contribution is -0.142. The minimum absolute atomic E-state index is 0.00318. The molecule has 56 heavy (non-hydrogen) atoms. The molecule has 4 rings (SSSR count). The molecule has 0 radical (unpaired) electrons. The van der Waals surface area contributed by atoms with Gasteiger partial charge < -0.3 is 47.1 Å². The van der Waals surface area contributed by atoms with Crippen LogP contribution in [0.4, 0.5) is 0 Å². The van der Waals surface area contributed by atoms with Gasteiger partial charge in [0.05, 0.1) is 12.4 Å². The third kappa shape index (κ3) is 12.4. The lowest BCUT2D eigenvalue weighted by Crippen LogP contribution is -2.60. The van der Waals surface area contributed by atoms with Crippen LogP contribution in [0.15, 0.2) is 67.1 Å². The van der Waals surface area contributed by atoms with Crippen LogP contribution in [0.1, 0.15) is 63.8 Å². The maximum absolute atomic E-state index is 14.1. The van der Waals surface area contributed by atoms with Gasteiger partial charge >= 0.3 is 5.97 Å². The van der Waals surface area contributed by atoms with Crippen LogP contribution in [0, 0.1) is 11.8 Å². The number of aromatic amines is 1. The van der Waals surface area contributed by atoms with Crippen LogP contribution in [0.5, 0.6) is 5.75 Å². The molecule has 0 bridgehead atoms. The van der Waals surface area contributed by atoms with Crippen LogP contribution in [-0.4, -0.2) is 103 Å². The highest BCUT2D eigenvalue weighted by atomic mass is 16.4. The Morgan fingerprint density at radius 1 is 0.821 bits per heavy atom. The number of carboxylic acid groups (broad SMARTS) is 1. The molecule has 0 spiro atoms. The minimum Gasteiger partial charge on any atom is -0.508 e. The van der Waals surface area contributed by atoms with Gasteiger partial charge in [0, 0.05) is 37.7 Å². The monoisotopic (exact) mass is 774 g/mol. The van der Waals surface area contributed by atoms with Crippen molar-refractivity contribution in [2.24, 2.45) is 17.6 Å². The molecular formula is C40H54N8O8. The zero-order valence-electron chi connectivity index (χ0n) is 32.2. The summed E-state index contributed by atoms with van der Waals surface area (Å²) in [6.45, 7) is 7.77. The zero-order chi connectivity index (χ0) is 40.9. The Balaban J connectivity index is 1.53. The molecule has 16 heteroatoms. The molecular weight excluding hydrogens is 720 g/mol. The van der Waals surface area contributed by atoms with E-state index in [0.29, 0.717) is 42.6 Å². The van der Waals surface area contributed by atoms with Gasteiger partial charge in [0.25, 0.3) is 0 Å². The molecule has 302 valence electrons. The number of aliphatic carboxylic acids is 1. The van der Waals surface area contributed by atoms with E-state index in [0.717, 1.165) is 0 Å². The molecule has 0 unspecified atom stereocenters. The van der Waals surface area contributed by atoms with E-state index in [1.54, 1.807) is 56.3 Å². The molecule has 9 N–H and O–H groups in total. The highest BCUT2D eigenvalue weighted by Crippen LogP contribution is 2.21. The first kappa shape index (κ1) is 43.0. The van der Waals surface area contributed by atoms with Crippen molar-refractivity contribution in [3.05, 3.63) is 83.9 Å². The van der Waals surface area contributed by atoms with Gasteiger partial charge in [0.15, 0.2) is 0 Å². The summed E-state index contributed by atoms with van der Waals surface area (Å²) >= 11 is 0. The van der Waals surface area contributed by atoms with E-state index in [4.69, 9.17) is 5.73 Å². The number of carbonyl (C=O) groups excluding carboxylic acids is 5. The van der Waals surface area contributed by atoms with Gasteiger partial charge in [0.1, 0.15) is 36.0 Å². The van der Waals surface area contributed by atoms with Gasteiger partial charge in [-0.05, 0) is 54.4 Å². The van der Waals surface area contributed by atoms with Gasteiger partial charge in [-0.3, -0.25) is 24.0 Å². The highest BCUT2D eigenvalue weighted by Gasteiger charge is 2.39. The number of nitrogens with one attached hydrogen (secondary N) is 5. The third-order valence-corrected chi connectivity index (χ3v) is 9.65. The first-order valence-electron chi connectivity index (χ1n) is 18.9. The molecule has 16 nitrogen and oxygen atoms in total. The summed E-state index contributed by atoms with van der Waals surface area (Å²) in [6.07, 6.45) is 4.22. The Kier molecular flexibility index (Phi) is 15.5. The summed E-state index contributed by atoms with van der Waals surface area (Å²) in [4.78, 5) is 89.3. The predicted octanol–water partition coefficient (Wildman–Crippen LogP) is 1.19. The lowest BCUT2D eigenvalue weighted by Gasteiger charge is -2.30. The maximum atomic E-state index is 14.1. The van der Waals surface area contributed by atoms with E-state index < -0.39 is 71.8 Å². The van der Waals surface area contributed by atoms with E-state index in [2.05, 4.69) is 31.2 Å². The summed E-state index contributed by atoms with van der Waals surface area (Å²) in [7, 11) is 0. The normalized spacial score (nSPS) is 16.7. The SMILES string of the molecule is CC(C)C[C@H](N)C(=O)N1CCC[C@H]1C(=O)N[C@H](C(=O)N[C@@H](Cc1cnc[nH]1)C(=O)N[C@@H](Cc1ccccc1)C(=O)N[C@@H](Cc1ccc(O)cc1)C(=O)O)C(C)C. The molecule has 5 amide bonds. The number of nitrogens with zero attached hydrogens (tertiary/aromatic N) is 2. The smallest absolute Gasteiger partial charge is 0.326 e. The quantitative estimate of drug-likeness (QED) is 0.0864. The molecule has 3 aromatic rings. The van der Waals surface area contributed by atoms with Crippen molar-refractivity contribution in [3.8, 4) is 5.75 Å². The van der Waals surface area contributed by atoms with Crippen molar-refractivity contribution < 1.29 is 39.0 Å². The van der Waals surface area contributed by atoms with E-state index in [-0.39, 0.29) is 36.8 Å². The number of carboxylic acids is 1. The molecule has 2 heterocycles. The van der Waals surface area contributed by atoms with Gasteiger partial charge in [-0.15, -0.1) is 0 Å². The van der Waals surface area contributed by atoms with Crippen molar-refractivity contribution in [1.82, 2.24) is 36.1 Å². The van der Waals surface area contributed by atoms with Crippen molar-refractivity contribution in [3.63, 3.8) is 0 Å². The first-order valence-corrected chi connectivity index (χ1v) is 18.9. The number of hydrogen-bond donors (Lipinski definition) is 8. The Bertz CT molecular complexity index is 1780. The second kappa shape index (κ2) is 20.2. The summed E-state index contributed by atoms with van der Waals surface area (Å²) in [5, 5.41) is 30.4. The summed E-state index contributed by atoms with van der Waals surface area (Å²) in [5.41, 5.74) is 7.90. The van der Waals surface area contributed by atoms with Crippen molar-refractivity contribution >= 4 is 35.5 Å². The van der Waals surface area contributed by atoms with Crippen molar-refractivity contribution in [2.75, 3.05) is 6.54 Å². The van der Waals surface area contributed by atoms with Gasteiger partial charge in [-0.1, -0.05) is 70.2 Å². The number of nitrogens with two attached hydrogens (primary N) is 1. The van der Waals surface area contributed by atoms with Crippen molar-refractivity contribution in [2.45, 2.75) is 102 Å². The number of hydrogen-bond acceptors (Lipinski definition) is 9. The topological polar surface area (TPSA) is 249 Å². The first-order chi connectivity index (χ1) is 26.6. The van der Waals surface area contributed by atoms with Gasteiger partial charge in [-0.2, -0.15) is 0 Å². The number of phenols is 1. The van der Waals surface area contributed by atoms with Crippen LogP contribution in [0.2, 0.25) is 0 Å². The molecule has 1 aliphatic rings. The Hall–Kier alpha value is -5.77. The van der Waals surface area contributed by atoms with Crippen LogP contribution in [0.3, 0.4) is 0 Å². The highest BCUT2D eigenvalue weighted by molar-refractivity contribution is 5.96. The Morgan fingerprint density at radius 3 is 2.00 bits per heavy atom. The minimum atomic E-state index is -1.37. The number of phenolic OH excluding ortho intramolecular Hbond substituents is 1. The summed E-state index contributed by atoms with van der Waals surface area (Å²) in [6, 6.07) is 8.19. The van der Waals surface area contributed by atoms with E-state index in [1.807, 2.05) is 13.8 Å². The fourth-order valence-electron chi connectivity index (χ4n) is 6.67. The average molecular weight is 775 g/mol. The maximum Gasteiger partial charge on any atom is 0.326 e. The molecule has 0 aliphatic carbocycles. The Morgan fingerprint density at radius 2 is 1.41 bits per heavy atom. The fraction of sp³-hybridized carbons (Fsp3) is 0.475. The molecule has 2 aromatic carbocycles. The molecule has 1 aromatic heterocycles. The number of rotatable bonds is 19. The number of imidazole rings is 1. The molecule has 1 aliphatic heterocycles. The van der Waals surface area contributed by atoms with Crippen LogP contribution < -0.4 is 27.0 Å². The van der Waals surface area contributed by atoms with E-state index in [1.165, 1.54) is 29.6 Å². The second-order valence-electron chi connectivity index (χ2n) is 15.0. The number of aromatic hydroxyl groups is 1. The molecule has 0 saturated carbocycles. The summed E-state index contributed by atoms with van der Waals surface area (Å²) < 4.78 is 0. The number of benzene rings is 2. The predicted molar refractivity (Wildman–Crippen MR) is 207 cm³/mol. The van der Waals surface area contributed by atoms with Gasteiger partial charge in [0.2, 0.25) is 29.5 Å².